The molecule has 1 atom stereocenters. The molecule has 1 N–H and O–H groups in total. The smallest absolute Gasteiger partial charge is 0.408 e. The molecule has 1 amide bonds. The van der Waals surface area contributed by atoms with Gasteiger partial charge in [0.15, 0.2) is 0 Å². The Morgan fingerprint density at radius 3 is 2.35 bits per heavy atom. The Kier molecular flexibility index (Phi) is 7.00. The molecular formula is C17H26N2O4. The Balaban J connectivity index is 2.58. The summed E-state index contributed by atoms with van der Waals surface area (Å²) >= 11 is 0. The highest BCUT2D eigenvalue weighted by Crippen LogP contribution is 2.13. The summed E-state index contributed by atoms with van der Waals surface area (Å²) in [5, 5.41) is 2.59. The lowest BCUT2D eigenvalue weighted by Gasteiger charge is -2.25. The van der Waals surface area contributed by atoms with E-state index < -0.39 is 23.7 Å². The number of hydrogen-bond donors (Lipinski definition) is 1. The predicted molar refractivity (Wildman–Crippen MR) is 86.6 cm³/mol. The first-order chi connectivity index (χ1) is 10.7. The van der Waals surface area contributed by atoms with Gasteiger partial charge in [-0.15, -0.1) is 0 Å². The van der Waals surface area contributed by atoms with Crippen LogP contribution < -0.4 is 5.32 Å². The van der Waals surface area contributed by atoms with Crippen LogP contribution in [0.5, 0.6) is 0 Å². The van der Waals surface area contributed by atoms with Crippen molar-refractivity contribution in [3.8, 4) is 0 Å². The van der Waals surface area contributed by atoms with Crippen molar-refractivity contribution >= 4 is 12.1 Å². The largest absolute Gasteiger partial charge is 0.458 e. The number of amides is 1. The van der Waals surface area contributed by atoms with Crippen molar-refractivity contribution in [2.75, 3.05) is 0 Å². The Morgan fingerprint density at radius 1 is 1.22 bits per heavy atom. The summed E-state index contributed by atoms with van der Waals surface area (Å²) in [5.74, 6) is -0.222. The molecule has 6 nitrogen and oxygen atoms in total. The Bertz CT molecular complexity index is 509. The van der Waals surface area contributed by atoms with Crippen LogP contribution >= 0.6 is 0 Å². The van der Waals surface area contributed by atoms with E-state index in [1.165, 1.54) is 0 Å². The molecule has 0 spiro atoms. The van der Waals surface area contributed by atoms with Crippen LogP contribution in [0.2, 0.25) is 0 Å². The van der Waals surface area contributed by atoms with Gasteiger partial charge < -0.3 is 14.8 Å². The molecule has 6 heteroatoms. The summed E-state index contributed by atoms with van der Waals surface area (Å²) in [7, 11) is 0. The average Bonchev–Trinajstić information content (AvgIpc) is 2.43. The second-order valence-corrected chi connectivity index (χ2v) is 6.79. The molecule has 0 radical (unpaired) electrons. The minimum absolute atomic E-state index is 0.122. The summed E-state index contributed by atoms with van der Waals surface area (Å²) in [6, 6.07) is 2.79. The van der Waals surface area contributed by atoms with Gasteiger partial charge in [-0.1, -0.05) is 13.8 Å². The number of ether oxygens (including phenoxy) is 2. The minimum Gasteiger partial charge on any atom is -0.458 e. The molecule has 0 bridgehead atoms. The fourth-order valence-electron chi connectivity index (χ4n) is 1.87. The lowest BCUT2D eigenvalue weighted by Crippen LogP contribution is -2.45. The zero-order valence-electron chi connectivity index (χ0n) is 14.5. The van der Waals surface area contributed by atoms with Gasteiger partial charge in [0.05, 0.1) is 0 Å². The third-order valence-corrected chi connectivity index (χ3v) is 2.81. The van der Waals surface area contributed by atoms with Crippen molar-refractivity contribution < 1.29 is 19.1 Å². The molecule has 0 saturated heterocycles. The summed E-state index contributed by atoms with van der Waals surface area (Å²) in [5.41, 5.74) is 0.224. The molecule has 0 unspecified atom stereocenters. The van der Waals surface area contributed by atoms with Crippen LogP contribution in [0.25, 0.3) is 0 Å². The minimum atomic E-state index is -0.723. The summed E-state index contributed by atoms with van der Waals surface area (Å²) < 4.78 is 10.5. The number of carbonyl (C=O) groups excluding carboxylic acids is 2. The van der Waals surface area contributed by atoms with Crippen LogP contribution in [0.4, 0.5) is 4.79 Å². The van der Waals surface area contributed by atoms with E-state index in [2.05, 4.69) is 10.3 Å². The normalized spacial score (nSPS) is 12.6. The number of nitrogens with one attached hydrogen (secondary N) is 1. The second-order valence-electron chi connectivity index (χ2n) is 6.79. The number of rotatable bonds is 6. The Morgan fingerprint density at radius 2 is 1.83 bits per heavy atom. The van der Waals surface area contributed by atoms with Crippen molar-refractivity contribution in [1.82, 2.24) is 10.3 Å². The first-order valence-corrected chi connectivity index (χ1v) is 7.72. The molecule has 23 heavy (non-hydrogen) atoms. The fraction of sp³-hybridized carbons (Fsp3) is 0.588. The predicted octanol–water partition coefficient (Wildman–Crippen LogP) is 3.06. The van der Waals surface area contributed by atoms with Crippen LogP contribution in [-0.4, -0.2) is 28.7 Å². The first-order valence-electron chi connectivity index (χ1n) is 7.72. The van der Waals surface area contributed by atoms with Crippen molar-refractivity contribution in [3.05, 3.63) is 30.1 Å². The number of hydrogen-bond acceptors (Lipinski definition) is 5. The van der Waals surface area contributed by atoms with Gasteiger partial charge in [0, 0.05) is 12.4 Å². The van der Waals surface area contributed by atoms with E-state index in [0.29, 0.717) is 6.42 Å². The van der Waals surface area contributed by atoms with Gasteiger partial charge in [-0.3, -0.25) is 4.98 Å². The van der Waals surface area contributed by atoms with Crippen LogP contribution in [0, 0.1) is 5.92 Å². The Hall–Kier alpha value is -2.11. The van der Waals surface area contributed by atoms with Crippen LogP contribution in [0.15, 0.2) is 24.5 Å². The van der Waals surface area contributed by atoms with Crippen LogP contribution in [-0.2, 0) is 20.9 Å². The van der Waals surface area contributed by atoms with Gasteiger partial charge >= 0.3 is 12.1 Å². The maximum Gasteiger partial charge on any atom is 0.408 e. The van der Waals surface area contributed by atoms with Crippen LogP contribution in [0.3, 0.4) is 0 Å². The fourth-order valence-corrected chi connectivity index (χ4v) is 1.87. The SMILES string of the molecule is CC(C)C[C@H](NC(=O)OCc1ccncc1)C(=O)OC(C)(C)C. The molecule has 0 aromatic carbocycles. The summed E-state index contributed by atoms with van der Waals surface area (Å²) in [4.78, 5) is 28.0. The number of carbonyl (C=O) groups is 2. The number of aromatic nitrogens is 1. The molecule has 0 aliphatic heterocycles. The molecule has 0 aliphatic carbocycles. The van der Waals surface area contributed by atoms with Gasteiger partial charge in [-0.25, -0.2) is 9.59 Å². The molecular weight excluding hydrogens is 296 g/mol. The number of pyridine rings is 1. The van der Waals surface area contributed by atoms with Crippen molar-refractivity contribution in [2.24, 2.45) is 5.92 Å². The van der Waals surface area contributed by atoms with Gasteiger partial charge in [0.1, 0.15) is 18.2 Å². The number of esters is 1. The standard InChI is InChI=1S/C17H26N2O4/c1-12(2)10-14(15(20)23-17(3,4)5)19-16(21)22-11-13-6-8-18-9-7-13/h6-9,12,14H,10-11H2,1-5H3,(H,19,21)/t14-/m0/s1. The maximum absolute atomic E-state index is 12.2. The van der Waals surface area contributed by atoms with E-state index in [-0.39, 0.29) is 12.5 Å². The van der Waals surface area contributed by atoms with Crippen molar-refractivity contribution in [1.29, 1.82) is 0 Å². The van der Waals surface area contributed by atoms with Gasteiger partial charge in [0.25, 0.3) is 0 Å². The third-order valence-electron chi connectivity index (χ3n) is 2.81. The topological polar surface area (TPSA) is 77.5 Å². The molecule has 1 aromatic heterocycles. The summed E-state index contributed by atoms with van der Waals surface area (Å²) in [6.07, 6.45) is 3.09. The summed E-state index contributed by atoms with van der Waals surface area (Å²) in [6.45, 7) is 9.44. The highest BCUT2D eigenvalue weighted by molar-refractivity contribution is 5.81. The molecule has 128 valence electrons. The monoisotopic (exact) mass is 322 g/mol. The van der Waals surface area contributed by atoms with Gasteiger partial charge in [0.2, 0.25) is 0 Å². The molecule has 0 saturated carbocycles. The molecule has 0 fully saturated rings. The van der Waals surface area contributed by atoms with Gasteiger partial charge in [-0.2, -0.15) is 0 Å². The molecule has 1 rings (SSSR count). The third kappa shape index (κ3) is 8.18. The molecule has 1 aromatic rings. The lowest BCUT2D eigenvalue weighted by atomic mass is 10.0. The van der Waals surface area contributed by atoms with E-state index in [1.807, 2.05) is 13.8 Å². The molecule has 0 aliphatic rings. The van der Waals surface area contributed by atoms with E-state index in [9.17, 15) is 9.59 Å². The van der Waals surface area contributed by atoms with E-state index >= 15 is 0 Å². The lowest BCUT2D eigenvalue weighted by molar-refractivity contribution is -0.157. The Labute approximate surface area is 137 Å². The van der Waals surface area contributed by atoms with Crippen molar-refractivity contribution in [3.63, 3.8) is 0 Å². The number of nitrogens with zero attached hydrogens (tertiary/aromatic N) is 1. The average molecular weight is 322 g/mol. The van der Waals surface area contributed by atoms with Crippen LogP contribution in [0.1, 0.15) is 46.6 Å². The molecule has 1 heterocycles. The first kappa shape index (κ1) is 18.9. The zero-order chi connectivity index (χ0) is 17.5. The second kappa shape index (κ2) is 8.50. The van der Waals surface area contributed by atoms with Gasteiger partial charge in [-0.05, 0) is 50.8 Å². The van der Waals surface area contributed by atoms with Crippen molar-refractivity contribution in [2.45, 2.75) is 59.3 Å². The quantitative estimate of drug-likeness (QED) is 0.814. The highest BCUT2D eigenvalue weighted by Gasteiger charge is 2.27. The zero-order valence-corrected chi connectivity index (χ0v) is 14.5. The van der Waals surface area contributed by atoms with E-state index in [0.717, 1.165) is 5.56 Å². The van der Waals surface area contributed by atoms with E-state index in [4.69, 9.17) is 9.47 Å². The highest BCUT2D eigenvalue weighted by atomic mass is 16.6. The maximum atomic E-state index is 12.2. The van der Waals surface area contributed by atoms with E-state index in [1.54, 1.807) is 45.3 Å². The number of alkyl carbamates (subject to hydrolysis) is 1.